The van der Waals surface area contributed by atoms with Crippen LogP contribution in [0.5, 0.6) is 5.75 Å². The summed E-state index contributed by atoms with van der Waals surface area (Å²) in [5.41, 5.74) is 1.07. The summed E-state index contributed by atoms with van der Waals surface area (Å²) in [6.45, 7) is 0. The zero-order valence-corrected chi connectivity index (χ0v) is 8.10. The number of nitrogens with one attached hydrogen (secondary N) is 1. The molecule has 0 aliphatic carbocycles. The van der Waals surface area contributed by atoms with Crippen LogP contribution in [-0.4, -0.2) is 14.2 Å². The number of methoxy groups -OCH3 is 1. The third-order valence-electron chi connectivity index (χ3n) is 1.44. The van der Waals surface area contributed by atoms with E-state index in [2.05, 4.69) is 21.2 Å². The molecular weight excluding hydrogens is 206 g/mol. The Morgan fingerprint density at radius 1 is 1.45 bits per heavy atom. The van der Waals surface area contributed by atoms with Crippen LogP contribution in [0.15, 0.2) is 22.7 Å². The van der Waals surface area contributed by atoms with Gasteiger partial charge in [0.05, 0.1) is 11.6 Å². The highest BCUT2D eigenvalue weighted by Crippen LogP contribution is 2.27. The van der Waals surface area contributed by atoms with Gasteiger partial charge in [-0.15, -0.1) is 0 Å². The summed E-state index contributed by atoms with van der Waals surface area (Å²) in [4.78, 5) is 0. The molecule has 0 saturated carbocycles. The summed E-state index contributed by atoms with van der Waals surface area (Å²) >= 11 is 3.38. The molecule has 60 valence electrons. The molecule has 11 heavy (non-hydrogen) atoms. The molecular formula is C8H10BrNO. The second kappa shape index (κ2) is 3.62. The fourth-order valence-corrected chi connectivity index (χ4v) is 1.36. The van der Waals surface area contributed by atoms with E-state index in [-0.39, 0.29) is 0 Å². The van der Waals surface area contributed by atoms with Gasteiger partial charge in [0.15, 0.2) is 0 Å². The lowest BCUT2D eigenvalue weighted by Crippen LogP contribution is -1.89. The molecule has 0 spiro atoms. The van der Waals surface area contributed by atoms with Gasteiger partial charge >= 0.3 is 0 Å². The third-order valence-corrected chi connectivity index (χ3v) is 2.06. The maximum Gasteiger partial charge on any atom is 0.133 e. The Kier molecular flexibility index (Phi) is 2.76. The van der Waals surface area contributed by atoms with E-state index >= 15 is 0 Å². The highest BCUT2D eigenvalue weighted by molar-refractivity contribution is 9.10. The van der Waals surface area contributed by atoms with Crippen molar-refractivity contribution in [3.05, 3.63) is 22.7 Å². The molecule has 0 atom stereocenters. The molecule has 0 aliphatic rings. The Balaban J connectivity index is 2.99. The fourth-order valence-electron chi connectivity index (χ4n) is 0.822. The molecule has 0 amide bonds. The Hall–Kier alpha value is -0.700. The molecule has 1 rings (SSSR count). The van der Waals surface area contributed by atoms with Crippen LogP contribution in [0.2, 0.25) is 0 Å². The monoisotopic (exact) mass is 215 g/mol. The van der Waals surface area contributed by atoms with E-state index in [1.807, 2.05) is 25.2 Å². The minimum absolute atomic E-state index is 0.851. The lowest BCUT2D eigenvalue weighted by atomic mass is 10.3. The first kappa shape index (κ1) is 8.40. The number of ether oxygens (including phenoxy) is 1. The van der Waals surface area contributed by atoms with E-state index in [0.29, 0.717) is 0 Å². The highest BCUT2D eigenvalue weighted by Gasteiger charge is 1.98. The molecule has 3 heteroatoms. The summed E-state index contributed by atoms with van der Waals surface area (Å²) in [6.07, 6.45) is 0. The Morgan fingerprint density at radius 3 is 2.64 bits per heavy atom. The van der Waals surface area contributed by atoms with Gasteiger partial charge in [0.25, 0.3) is 0 Å². The molecule has 0 fully saturated rings. The first-order chi connectivity index (χ1) is 5.27. The number of anilines is 1. The van der Waals surface area contributed by atoms with Crippen molar-refractivity contribution >= 4 is 21.6 Å². The molecule has 0 heterocycles. The minimum Gasteiger partial charge on any atom is -0.496 e. The average Bonchev–Trinajstić information content (AvgIpc) is 2.04. The predicted octanol–water partition coefficient (Wildman–Crippen LogP) is 2.50. The zero-order valence-electron chi connectivity index (χ0n) is 6.52. The van der Waals surface area contributed by atoms with Gasteiger partial charge in [-0.25, -0.2) is 0 Å². The van der Waals surface area contributed by atoms with Gasteiger partial charge in [0.2, 0.25) is 0 Å². The molecule has 1 N–H and O–H groups in total. The van der Waals surface area contributed by atoms with Crippen LogP contribution in [0.25, 0.3) is 0 Å². The van der Waals surface area contributed by atoms with Crippen LogP contribution in [0.3, 0.4) is 0 Å². The molecule has 0 unspecified atom stereocenters. The maximum atomic E-state index is 5.07. The minimum atomic E-state index is 0.851. The summed E-state index contributed by atoms with van der Waals surface area (Å²) in [6, 6.07) is 5.85. The summed E-state index contributed by atoms with van der Waals surface area (Å²) < 4.78 is 6.03. The molecule has 0 bridgehead atoms. The second-order valence-corrected chi connectivity index (χ2v) is 2.95. The SMILES string of the molecule is CNc1ccc(OC)c(Br)c1. The van der Waals surface area contributed by atoms with E-state index in [1.54, 1.807) is 7.11 Å². The zero-order chi connectivity index (χ0) is 8.27. The lowest BCUT2D eigenvalue weighted by molar-refractivity contribution is 0.412. The van der Waals surface area contributed by atoms with E-state index < -0.39 is 0 Å². The molecule has 1 aromatic carbocycles. The van der Waals surface area contributed by atoms with E-state index in [9.17, 15) is 0 Å². The van der Waals surface area contributed by atoms with Crippen LogP contribution in [0.4, 0.5) is 5.69 Å². The molecule has 0 radical (unpaired) electrons. The number of halogens is 1. The van der Waals surface area contributed by atoms with Gasteiger partial charge in [-0.3, -0.25) is 0 Å². The summed E-state index contributed by atoms with van der Waals surface area (Å²) in [7, 11) is 3.54. The van der Waals surface area contributed by atoms with Crippen molar-refractivity contribution in [1.82, 2.24) is 0 Å². The van der Waals surface area contributed by atoms with Crippen LogP contribution in [-0.2, 0) is 0 Å². The van der Waals surface area contributed by atoms with Crippen molar-refractivity contribution in [3.63, 3.8) is 0 Å². The molecule has 0 saturated heterocycles. The molecule has 1 aromatic rings. The van der Waals surface area contributed by atoms with Crippen LogP contribution < -0.4 is 10.1 Å². The largest absolute Gasteiger partial charge is 0.496 e. The van der Waals surface area contributed by atoms with Crippen molar-refractivity contribution < 1.29 is 4.74 Å². The van der Waals surface area contributed by atoms with Crippen molar-refractivity contribution in [2.45, 2.75) is 0 Å². The van der Waals surface area contributed by atoms with E-state index in [4.69, 9.17) is 4.74 Å². The van der Waals surface area contributed by atoms with Crippen LogP contribution in [0.1, 0.15) is 0 Å². The van der Waals surface area contributed by atoms with Crippen molar-refractivity contribution in [2.24, 2.45) is 0 Å². The van der Waals surface area contributed by atoms with Crippen LogP contribution >= 0.6 is 15.9 Å². The first-order valence-electron chi connectivity index (χ1n) is 3.29. The van der Waals surface area contributed by atoms with Gasteiger partial charge < -0.3 is 10.1 Å². The Labute approximate surface area is 74.7 Å². The van der Waals surface area contributed by atoms with Crippen molar-refractivity contribution in [1.29, 1.82) is 0 Å². The number of benzene rings is 1. The maximum absolute atomic E-state index is 5.07. The van der Waals surface area contributed by atoms with Crippen LogP contribution in [0, 0.1) is 0 Å². The van der Waals surface area contributed by atoms with E-state index in [0.717, 1.165) is 15.9 Å². The number of hydrogen-bond acceptors (Lipinski definition) is 2. The fraction of sp³-hybridized carbons (Fsp3) is 0.250. The van der Waals surface area contributed by atoms with Gasteiger partial charge in [-0.1, -0.05) is 0 Å². The highest BCUT2D eigenvalue weighted by atomic mass is 79.9. The van der Waals surface area contributed by atoms with Gasteiger partial charge in [-0.2, -0.15) is 0 Å². The molecule has 0 aliphatic heterocycles. The quantitative estimate of drug-likeness (QED) is 0.819. The Morgan fingerprint density at radius 2 is 2.18 bits per heavy atom. The number of hydrogen-bond donors (Lipinski definition) is 1. The lowest BCUT2D eigenvalue weighted by Gasteiger charge is -2.04. The smallest absolute Gasteiger partial charge is 0.133 e. The summed E-state index contributed by atoms with van der Waals surface area (Å²) in [5.74, 6) is 0.851. The second-order valence-electron chi connectivity index (χ2n) is 2.10. The van der Waals surface area contributed by atoms with Crippen molar-refractivity contribution in [2.75, 3.05) is 19.5 Å². The molecule has 2 nitrogen and oxygen atoms in total. The third kappa shape index (κ3) is 1.87. The van der Waals surface area contributed by atoms with Gasteiger partial charge in [0, 0.05) is 12.7 Å². The van der Waals surface area contributed by atoms with Gasteiger partial charge in [0.1, 0.15) is 5.75 Å². The number of rotatable bonds is 2. The Bertz CT molecular complexity index is 250. The standard InChI is InChI=1S/C8H10BrNO/c1-10-6-3-4-8(11-2)7(9)5-6/h3-5,10H,1-2H3. The van der Waals surface area contributed by atoms with E-state index in [1.165, 1.54) is 0 Å². The topological polar surface area (TPSA) is 21.3 Å². The normalized spacial score (nSPS) is 9.36. The summed E-state index contributed by atoms with van der Waals surface area (Å²) in [5, 5.41) is 3.03. The average molecular weight is 216 g/mol. The predicted molar refractivity (Wildman–Crippen MR) is 50.2 cm³/mol. The van der Waals surface area contributed by atoms with Gasteiger partial charge in [-0.05, 0) is 34.1 Å². The molecule has 0 aromatic heterocycles. The first-order valence-corrected chi connectivity index (χ1v) is 4.08. The van der Waals surface area contributed by atoms with Crippen molar-refractivity contribution in [3.8, 4) is 5.75 Å².